The van der Waals surface area contributed by atoms with Gasteiger partial charge in [0, 0.05) is 5.39 Å². The van der Waals surface area contributed by atoms with E-state index in [9.17, 15) is 4.79 Å². The second-order valence-electron chi connectivity index (χ2n) is 3.50. The molecule has 1 heterocycles. The van der Waals surface area contributed by atoms with E-state index >= 15 is 0 Å². The fraction of sp³-hybridized carbons (Fsp3) is 0.250. The number of fused-ring (bicyclic) bond motifs is 1. The first kappa shape index (κ1) is 9.77. The number of esters is 1. The van der Waals surface area contributed by atoms with Gasteiger partial charge in [0.05, 0.1) is 19.8 Å². The van der Waals surface area contributed by atoms with Gasteiger partial charge in [-0.25, -0.2) is 0 Å². The number of carbonyl (C=O) groups excluding carboxylic acids is 1. The quantitative estimate of drug-likeness (QED) is 0.705. The fourth-order valence-corrected chi connectivity index (χ4v) is 1.55. The number of aryl methyl sites for hydroxylation is 1. The van der Waals surface area contributed by atoms with Crippen molar-refractivity contribution in [2.75, 3.05) is 7.11 Å². The van der Waals surface area contributed by atoms with Crippen molar-refractivity contribution in [2.24, 2.45) is 0 Å². The minimum absolute atomic E-state index is 0.226. The number of hydrogen-bond donors (Lipinski definition) is 0. The lowest BCUT2D eigenvalue weighted by Crippen LogP contribution is -2.04. The summed E-state index contributed by atoms with van der Waals surface area (Å²) in [6.07, 6.45) is 2.02. The van der Waals surface area contributed by atoms with Crippen LogP contribution in [0.4, 0.5) is 0 Å². The number of rotatable bonds is 2. The molecule has 0 saturated heterocycles. The molecule has 0 aliphatic heterocycles. The molecule has 0 bridgehead atoms. The van der Waals surface area contributed by atoms with Crippen molar-refractivity contribution in [2.45, 2.75) is 13.3 Å². The summed E-state index contributed by atoms with van der Waals surface area (Å²) in [6.45, 7) is 1.98. The molecule has 0 spiro atoms. The number of carbonyl (C=O) groups is 1. The number of hydrogen-bond acceptors (Lipinski definition) is 3. The van der Waals surface area contributed by atoms with Gasteiger partial charge in [-0.05, 0) is 30.2 Å². The van der Waals surface area contributed by atoms with Gasteiger partial charge in [-0.15, -0.1) is 0 Å². The Bertz CT molecular complexity index is 497. The lowest BCUT2D eigenvalue weighted by Gasteiger charge is -1.99. The minimum Gasteiger partial charge on any atom is -0.469 e. The Hall–Kier alpha value is -1.77. The molecule has 0 unspecified atom stereocenters. The molecule has 15 heavy (non-hydrogen) atoms. The van der Waals surface area contributed by atoms with Crippen molar-refractivity contribution in [1.29, 1.82) is 0 Å². The molecule has 2 rings (SSSR count). The van der Waals surface area contributed by atoms with E-state index in [1.54, 1.807) is 6.26 Å². The van der Waals surface area contributed by atoms with E-state index in [1.165, 1.54) is 7.11 Å². The largest absolute Gasteiger partial charge is 0.469 e. The fourth-order valence-electron chi connectivity index (χ4n) is 1.55. The summed E-state index contributed by atoms with van der Waals surface area (Å²) in [6, 6.07) is 5.72. The van der Waals surface area contributed by atoms with Crippen molar-refractivity contribution in [3.8, 4) is 0 Å². The highest BCUT2D eigenvalue weighted by Crippen LogP contribution is 2.21. The monoisotopic (exact) mass is 204 g/mol. The maximum atomic E-state index is 11.1. The number of furan rings is 1. The van der Waals surface area contributed by atoms with E-state index in [0.717, 1.165) is 22.1 Å². The number of ether oxygens (including phenoxy) is 1. The van der Waals surface area contributed by atoms with Crippen LogP contribution in [-0.4, -0.2) is 13.1 Å². The highest BCUT2D eigenvalue weighted by atomic mass is 16.5. The van der Waals surface area contributed by atoms with Crippen LogP contribution >= 0.6 is 0 Å². The molecular formula is C12H12O3. The van der Waals surface area contributed by atoms with Gasteiger partial charge < -0.3 is 9.15 Å². The molecule has 0 aliphatic carbocycles. The van der Waals surface area contributed by atoms with E-state index in [0.29, 0.717) is 6.42 Å². The second kappa shape index (κ2) is 3.77. The standard InChI is InChI=1S/C12H12O3/c1-8-7-15-11-4-3-9(5-10(8)11)6-12(13)14-2/h3-5,7H,6H2,1-2H3. The number of methoxy groups -OCH3 is 1. The normalized spacial score (nSPS) is 10.5. The van der Waals surface area contributed by atoms with Crippen LogP contribution in [0.5, 0.6) is 0 Å². The summed E-state index contributed by atoms with van der Waals surface area (Å²) < 4.78 is 9.93. The van der Waals surface area contributed by atoms with Crippen molar-refractivity contribution >= 4 is 16.9 Å². The third-order valence-electron chi connectivity index (χ3n) is 2.41. The van der Waals surface area contributed by atoms with Crippen LogP contribution in [0.1, 0.15) is 11.1 Å². The van der Waals surface area contributed by atoms with Crippen LogP contribution < -0.4 is 0 Å². The second-order valence-corrected chi connectivity index (χ2v) is 3.50. The Balaban J connectivity index is 2.37. The molecule has 0 N–H and O–H groups in total. The molecule has 2 aromatic rings. The highest BCUT2D eigenvalue weighted by Gasteiger charge is 2.06. The van der Waals surface area contributed by atoms with Crippen molar-refractivity contribution < 1.29 is 13.9 Å². The Kier molecular flexibility index (Phi) is 2.46. The highest BCUT2D eigenvalue weighted by molar-refractivity contribution is 5.83. The van der Waals surface area contributed by atoms with Gasteiger partial charge in [-0.3, -0.25) is 4.79 Å². The maximum Gasteiger partial charge on any atom is 0.309 e. The minimum atomic E-state index is -0.226. The summed E-state index contributed by atoms with van der Waals surface area (Å²) in [7, 11) is 1.39. The maximum absolute atomic E-state index is 11.1. The topological polar surface area (TPSA) is 39.4 Å². The van der Waals surface area contributed by atoms with Crippen LogP contribution in [-0.2, 0) is 16.0 Å². The first-order valence-electron chi connectivity index (χ1n) is 4.74. The van der Waals surface area contributed by atoms with Gasteiger partial charge in [-0.2, -0.15) is 0 Å². The Morgan fingerprint density at radius 1 is 1.47 bits per heavy atom. The van der Waals surface area contributed by atoms with Gasteiger partial charge in [0.2, 0.25) is 0 Å². The van der Waals surface area contributed by atoms with Crippen LogP contribution in [0.15, 0.2) is 28.9 Å². The van der Waals surface area contributed by atoms with Crippen molar-refractivity contribution in [1.82, 2.24) is 0 Å². The Labute approximate surface area is 87.6 Å². The molecule has 3 nitrogen and oxygen atoms in total. The van der Waals surface area contributed by atoms with Crippen molar-refractivity contribution in [3.05, 3.63) is 35.6 Å². The predicted octanol–water partition coefficient (Wildman–Crippen LogP) is 2.46. The van der Waals surface area contributed by atoms with Crippen LogP contribution in [0.25, 0.3) is 11.0 Å². The molecule has 3 heteroatoms. The SMILES string of the molecule is COC(=O)Cc1ccc2occ(C)c2c1. The molecule has 0 amide bonds. The molecule has 0 saturated carbocycles. The summed E-state index contributed by atoms with van der Waals surface area (Å²) >= 11 is 0. The third kappa shape index (κ3) is 1.86. The molecule has 0 radical (unpaired) electrons. The van der Waals surface area contributed by atoms with E-state index in [2.05, 4.69) is 4.74 Å². The van der Waals surface area contributed by atoms with E-state index in [4.69, 9.17) is 4.42 Å². The molecular weight excluding hydrogens is 192 g/mol. The molecule has 0 fully saturated rings. The van der Waals surface area contributed by atoms with E-state index in [1.807, 2.05) is 25.1 Å². The Morgan fingerprint density at radius 2 is 2.27 bits per heavy atom. The zero-order valence-corrected chi connectivity index (χ0v) is 8.74. The van der Waals surface area contributed by atoms with Gasteiger partial charge in [-0.1, -0.05) is 6.07 Å². The predicted molar refractivity (Wildman–Crippen MR) is 56.7 cm³/mol. The average molecular weight is 204 g/mol. The zero-order valence-electron chi connectivity index (χ0n) is 8.74. The molecule has 1 aromatic heterocycles. The zero-order chi connectivity index (χ0) is 10.8. The molecule has 78 valence electrons. The van der Waals surface area contributed by atoms with Crippen LogP contribution in [0.3, 0.4) is 0 Å². The smallest absolute Gasteiger partial charge is 0.309 e. The van der Waals surface area contributed by atoms with Gasteiger partial charge in [0.25, 0.3) is 0 Å². The summed E-state index contributed by atoms with van der Waals surface area (Å²) in [4.78, 5) is 11.1. The average Bonchev–Trinajstić information content (AvgIpc) is 2.60. The van der Waals surface area contributed by atoms with Gasteiger partial charge in [0.1, 0.15) is 5.58 Å². The van der Waals surface area contributed by atoms with Crippen molar-refractivity contribution in [3.63, 3.8) is 0 Å². The van der Waals surface area contributed by atoms with E-state index in [-0.39, 0.29) is 5.97 Å². The summed E-state index contributed by atoms with van der Waals surface area (Å²) in [5.74, 6) is -0.226. The van der Waals surface area contributed by atoms with Gasteiger partial charge >= 0.3 is 5.97 Å². The third-order valence-corrected chi connectivity index (χ3v) is 2.41. The Morgan fingerprint density at radius 3 is 3.00 bits per heavy atom. The summed E-state index contributed by atoms with van der Waals surface area (Å²) in [5, 5.41) is 1.05. The van der Waals surface area contributed by atoms with Gasteiger partial charge in [0.15, 0.2) is 0 Å². The molecule has 1 aromatic carbocycles. The van der Waals surface area contributed by atoms with Crippen LogP contribution in [0, 0.1) is 6.92 Å². The van der Waals surface area contributed by atoms with Crippen LogP contribution in [0.2, 0.25) is 0 Å². The molecule has 0 atom stereocenters. The molecule has 0 aliphatic rings. The number of benzene rings is 1. The first-order valence-corrected chi connectivity index (χ1v) is 4.74. The van der Waals surface area contributed by atoms with E-state index < -0.39 is 0 Å². The lowest BCUT2D eigenvalue weighted by molar-refractivity contribution is -0.139. The lowest BCUT2D eigenvalue weighted by atomic mass is 10.1. The summed E-state index contributed by atoms with van der Waals surface area (Å²) in [5.41, 5.74) is 2.87. The first-order chi connectivity index (χ1) is 7.20.